The summed E-state index contributed by atoms with van der Waals surface area (Å²) in [6, 6.07) is 13.7. The van der Waals surface area contributed by atoms with Crippen molar-refractivity contribution < 1.29 is 14.3 Å². The minimum Gasteiger partial charge on any atom is -0.467 e. The first-order valence-corrected chi connectivity index (χ1v) is 11.7. The molecule has 3 rings (SSSR count). The number of nitrogens with zero attached hydrogens (tertiary/aromatic N) is 3. The van der Waals surface area contributed by atoms with Crippen molar-refractivity contribution in [1.29, 1.82) is 0 Å². The van der Waals surface area contributed by atoms with Crippen LogP contribution in [-0.4, -0.2) is 41.0 Å². The van der Waals surface area contributed by atoms with Gasteiger partial charge in [-0.15, -0.1) is 0 Å². The maximum atomic E-state index is 12.7. The fourth-order valence-corrected chi connectivity index (χ4v) is 4.02. The van der Waals surface area contributed by atoms with Crippen molar-refractivity contribution in [3.63, 3.8) is 0 Å². The largest absolute Gasteiger partial charge is 0.467 e. The van der Waals surface area contributed by atoms with E-state index >= 15 is 0 Å². The highest BCUT2D eigenvalue weighted by molar-refractivity contribution is 6.39. The number of ether oxygens (including phenoxy) is 1. The Hall–Kier alpha value is -3.42. The van der Waals surface area contributed by atoms with E-state index in [0.717, 1.165) is 11.3 Å². The number of rotatable bonds is 9. The van der Waals surface area contributed by atoms with E-state index in [1.165, 1.54) is 7.11 Å². The van der Waals surface area contributed by atoms with Crippen LogP contribution in [0.1, 0.15) is 36.2 Å². The summed E-state index contributed by atoms with van der Waals surface area (Å²) in [6.07, 6.45) is 7.31. The number of hydrogen-bond donors (Lipinski definition) is 1. The Balaban J connectivity index is 1.71. The zero-order valence-corrected chi connectivity index (χ0v) is 21.1. The minimum atomic E-state index is -0.901. The van der Waals surface area contributed by atoms with Crippen molar-refractivity contribution in [3.05, 3.63) is 88.2 Å². The van der Waals surface area contributed by atoms with Crippen LogP contribution in [0.25, 0.3) is 6.08 Å². The molecule has 7 nitrogen and oxygen atoms in total. The van der Waals surface area contributed by atoms with Crippen LogP contribution in [0.15, 0.2) is 67.0 Å². The third-order valence-electron chi connectivity index (χ3n) is 5.12. The maximum absolute atomic E-state index is 12.7. The molecule has 1 aromatic heterocycles. The van der Waals surface area contributed by atoms with Crippen LogP contribution in [0.5, 0.6) is 0 Å². The van der Waals surface area contributed by atoms with Gasteiger partial charge in [0.25, 0.3) is 5.91 Å². The van der Waals surface area contributed by atoms with E-state index in [-0.39, 0.29) is 28.1 Å². The van der Waals surface area contributed by atoms with Crippen LogP contribution in [0.4, 0.5) is 11.6 Å². The van der Waals surface area contributed by atoms with Crippen LogP contribution in [-0.2, 0) is 9.53 Å². The van der Waals surface area contributed by atoms with Crippen molar-refractivity contribution in [1.82, 2.24) is 15.3 Å². The fraction of sp³-hybridized carbons (Fsp3) is 0.231. The number of carbonyl (C=O) groups is 2. The minimum absolute atomic E-state index is 0.112. The Labute approximate surface area is 214 Å². The predicted molar refractivity (Wildman–Crippen MR) is 139 cm³/mol. The Bertz CT molecular complexity index is 1160. The molecule has 0 saturated carbocycles. The van der Waals surface area contributed by atoms with Crippen LogP contribution in [0.2, 0.25) is 10.0 Å². The summed E-state index contributed by atoms with van der Waals surface area (Å²) < 4.78 is 4.85. The zero-order valence-electron chi connectivity index (χ0n) is 19.6. The van der Waals surface area contributed by atoms with E-state index in [1.807, 2.05) is 35.2 Å². The molecule has 1 heterocycles. The Morgan fingerprint density at radius 3 is 2.23 bits per heavy atom. The molecule has 182 valence electrons. The summed E-state index contributed by atoms with van der Waals surface area (Å²) in [5.74, 6) is -0.497. The summed E-state index contributed by atoms with van der Waals surface area (Å²) in [5.41, 5.74) is 2.00. The first kappa shape index (κ1) is 26.2. The fourth-order valence-electron chi connectivity index (χ4n) is 3.45. The standard InChI is InChI=1S/C26H26Cl2N4O3/c1-17(2)32(26-29-15-6-16-30-26)19-13-11-18(12-14-19)7-4-10-22(25(34)35-3)31-24(33)23-20(27)8-5-9-21(23)28/h4-9,11-17,22H,10H2,1-3H3,(H,31,33)/t22-/m0/s1. The van der Waals surface area contributed by atoms with E-state index in [0.29, 0.717) is 5.95 Å². The molecular formula is C26H26Cl2N4O3. The highest BCUT2D eigenvalue weighted by Crippen LogP contribution is 2.26. The topological polar surface area (TPSA) is 84.4 Å². The summed E-state index contributed by atoms with van der Waals surface area (Å²) >= 11 is 12.2. The number of benzene rings is 2. The van der Waals surface area contributed by atoms with Gasteiger partial charge in [-0.1, -0.05) is 53.6 Å². The maximum Gasteiger partial charge on any atom is 0.328 e. The average Bonchev–Trinajstić information content (AvgIpc) is 2.84. The highest BCUT2D eigenvalue weighted by Gasteiger charge is 2.23. The van der Waals surface area contributed by atoms with Crippen LogP contribution in [0.3, 0.4) is 0 Å². The number of halogens is 2. The zero-order chi connectivity index (χ0) is 25.4. The van der Waals surface area contributed by atoms with Gasteiger partial charge in [0.15, 0.2) is 0 Å². The number of anilines is 2. The van der Waals surface area contributed by atoms with Crippen molar-refractivity contribution in [3.8, 4) is 0 Å². The molecular weight excluding hydrogens is 487 g/mol. The Kier molecular flexibility index (Phi) is 9.23. The van der Waals surface area contributed by atoms with Crippen molar-refractivity contribution >= 4 is 52.8 Å². The third kappa shape index (κ3) is 6.81. The molecule has 0 radical (unpaired) electrons. The monoisotopic (exact) mass is 512 g/mol. The molecule has 0 spiro atoms. The first-order chi connectivity index (χ1) is 16.8. The number of nitrogens with one attached hydrogen (secondary N) is 1. The molecule has 9 heteroatoms. The van der Waals surface area contributed by atoms with Crippen LogP contribution in [0, 0.1) is 0 Å². The highest BCUT2D eigenvalue weighted by atomic mass is 35.5. The normalized spacial score (nSPS) is 11.9. The lowest BCUT2D eigenvalue weighted by Crippen LogP contribution is -2.41. The lowest BCUT2D eigenvalue weighted by Gasteiger charge is -2.26. The second kappa shape index (κ2) is 12.3. The number of hydrogen-bond acceptors (Lipinski definition) is 6. The van der Waals surface area contributed by atoms with Crippen molar-refractivity contribution in [2.75, 3.05) is 12.0 Å². The average molecular weight is 513 g/mol. The van der Waals surface area contributed by atoms with E-state index < -0.39 is 17.9 Å². The Morgan fingerprint density at radius 1 is 1.03 bits per heavy atom. The number of amides is 1. The van der Waals surface area contributed by atoms with E-state index in [2.05, 4.69) is 29.1 Å². The molecule has 1 atom stereocenters. The molecule has 35 heavy (non-hydrogen) atoms. The van der Waals surface area contributed by atoms with Gasteiger partial charge in [-0.25, -0.2) is 14.8 Å². The second-order valence-corrected chi connectivity index (χ2v) is 8.70. The van der Waals surface area contributed by atoms with Gasteiger partial charge in [0, 0.05) is 24.1 Å². The van der Waals surface area contributed by atoms with Crippen molar-refractivity contribution in [2.24, 2.45) is 0 Å². The van der Waals surface area contributed by atoms with Gasteiger partial charge in [0.1, 0.15) is 6.04 Å². The van der Waals surface area contributed by atoms with Crippen LogP contribution < -0.4 is 10.2 Å². The van der Waals surface area contributed by atoms with Gasteiger partial charge in [-0.3, -0.25) is 4.79 Å². The first-order valence-electron chi connectivity index (χ1n) is 11.0. The quantitative estimate of drug-likeness (QED) is 0.370. The van der Waals surface area contributed by atoms with Gasteiger partial charge in [-0.05, 0) is 56.2 Å². The molecule has 0 aliphatic rings. The molecule has 0 saturated heterocycles. The number of methoxy groups -OCH3 is 1. The molecule has 1 N–H and O–H groups in total. The number of esters is 1. The molecule has 0 aliphatic heterocycles. The van der Waals surface area contributed by atoms with E-state index in [4.69, 9.17) is 27.9 Å². The molecule has 2 aromatic carbocycles. The summed E-state index contributed by atoms with van der Waals surface area (Å²) in [4.78, 5) is 35.7. The Morgan fingerprint density at radius 2 is 1.66 bits per heavy atom. The smallest absolute Gasteiger partial charge is 0.328 e. The van der Waals surface area contributed by atoms with Gasteiger partial charge in [-0.2, -0.15) is 0 Å². The number of carbonyl (C=O) groups excluding carboxylic acids is 2. The lowest BCUT2D eigenvalue weighted by atomic mass is 10.1. The van der Waals surface area contributed by atoms with Gasteiger partial charge >= 0.3 is 5.97 Å². The summed E-state index contributed by atoms with van der Waals surface area (Å²) in [6.45, 7) is 4.14. The molecule has 3 aromatic rings. The van der Waals surface area contributed by atoms with E-state index in [1.54, 1.807) is 42.7 Å². The van der Waals surface area contributed by atoms with Crippen molar-refractivity contribution in [2.45, 2.75) is 32.4 Å². The van der Waals surface area contributed by atoms with Crippen LogP contribution >= 0.6 is 23.2 Å². The van der Waals surface area contributed by atoms with Gasteiger partial charge in [0.2, 0.25) is 5.95 Å². The van der Waals surface area contributed by atoms with E-state index in [9.17, 15) is 9.59 Å². The van der Waals surface area contributed by atoms with Gasteiger partial charge in [0.05, 0.1) is 22.7 Å². The summed E-state index contributed by atoms with van der Waals surface area (Å²) in [5, 5.41) is 3.05. The third-order valence-corrected chi connectivity index (χ3v) is 5.75. The SMILES string of the molecule is COC(=O)[C@H](CC=Cc1ccc(N(c2ncccn2)C(C)C)cc1)NC(=O)c1c(Cl)cccc1Cl. The molecule has 0 unspecified atom stereocenters. The lowest BCUT2D eigenvalue weighted by molar-refractivity contribution is -0.142. The molecule has 0 aliphatic carbocycles. The molecule has 0 fully saturated rings. The summed E-state index contributed by atoms with van der Waals surface area (Å²) in [7, 11) is 1.27. The number of aromatic nitrogens is 2. The molecule has 0 bridgehead atoms. The molecule has 1 amide bonds. The predicted octanol–water partition coefficient (Wildman–Crippen LogP) is 5.70. The van der Waals surface area contributed by atoms with Gasteiger partial charge < -0.3 is 15.0 Å². The second-order valence-electron chi connectivity index (χ2n) is 7.89.